The van der Waals surface area contributed by atoms with E-state index in [1.807, 2.05) is 6.92 Å². The first-order valence-electron chi connectivity index (χ1n) is 11.8. The van der Waals surface area contributed by atoms with E-state index in [1.54, 1.807) is 47.4 Å². The van der Waals surface area contributed by atoms with Crippen molar-refractivity contribution in [2.45, 2.75) is 32.6 Å². The van der Waals surface area contributed by atoms with Crippen molar-refractivity contribution in [3.8, 4) is 11.8 Å². The Hall–Kier alpha value is -4.12. The van der Waals surface area contributed by atoms with Crippen LogP contribution in [0.2, 0.25) is 0 Å². The normalized spacial score (nSPS) is 12.3. The second-order valence-corrected chi connectivity index (χ2v) is 8.14. The van der Waals surface area contributed by atoms with E-state index in [0.717, 1.165) is 44.5 Å². The molecule has 0 radical (unpaired) electrons. The standard InChI is InChI=1S/C27H30N4O4/c1-2-3-17-35-27(34)30-25(28)21-9-11-23(12-10-21)29-14-6-7-20-8-13-24(22(18-20)19-32)26(33)31-15-4-5-16-31/h8-13,18-19,29H,2-5,14-17H2,1H3,(H2,28,30,34). The molecular formula is C27H30N4O4. The third-order valence-corrected chi connectivity index (χ3v) is 5.55. The lowest BCUT2D eigenvalue weighted by molar-refractivity contribution is 0.0789. The van der Waals surface area contributed by atoms with Crippen molar-refractivity contribution in [1.82, 2.24) is 10.2 Å². The minimum absolute atomic E-state index is 0.0320. The van der Waals surface area contributed by atoms with Crippen LogP contribution in [0.3, 0.4) is 0 Å². The Morgan fingerprint density at radius 1 is 1.14 bits per heavy atom. The number of carbonyl (C=O) groups excluding carboxylic acids is 3. The number of benzene rings is 2. The van der Waals surface area contributed by atoms with Crippen molar-refractivity contribution in [1.29, 1.82) is 5.41 Å². The highest BCUT2D eigenvalue weighted by molar-refractivity contribution is 6.04. The summed E-state index contributed by atoms with van der Waals surface area (Å²) in [6, 6.07) is 12.1. The molecule has 1 fully saturated rings. The third-order valence-electron chi connectivity index (χ3n) is 5.55. The Kier molecular flexibility index (Phi) is 9.43. The molecule has 1 aliphatic heterocycles. The fourth-order valence-corrected chi connectivity index (χ4v) is 3.59. The first kappa shape index (κ1) is 25.5. The van der Waals surface area contributed by atoms with Crippen LogP contribution in [0.4, 0.5) is 10.5 Å². The molecule has 1 heterocycles. The van der Waals surface area contributed by atoms with E-state index in [0.29, 0.717) is 41.7 Å². The zero-order chi connectivity index (χ0) is 25.0. The average Bonchev–Trinajstić information content (AvgIpc) is 3.41. The van der Waals surface area contributed by atoms with Gasteiger partial charge >= 0.3 is 6.09 Å². The van der Waals surface area contributed by atoms with Gasteiger partial charge in [-0.05, 0) is 61.7 Å². The fraction of sp³-hybridized carbons (Fsp3) is 0.333. The van der Waals surface area contributed by atoms with E-state index in [4.69, 9.17) is 10.1 Å². The summed E-state index contributed by atoms with van der Waals surface area (Å²) in [6.45, 7) is 4.16. The van der Waals surface area contributed by atoms with Crippen LogP contribution in [-0.4, -0.2) is 55.3 Å². The molecule has 35 heavy (non-hydrogen) atoms. The van der Waals surface area contributed by atoms with Gasteiger partial charge in [-0.1, -0.05) is 25.2 Å². The Labute approximate surface area is 205 Å². The van der Waals surface area contributed by atoms with E-state index in [-0.39, 0.29) is 11.7 Å². The minimum atomic E-state index is -0.632. The maximum absolute atomic E-state index is 12.6. The average molecular weight is 475 g/mol. The molecule has 0 spiro atoms. The molecule has 0 aliphatic carbocycles. The molecule has 0 unspecified atom stereocenters. The quantitative estimate of drug-likeness (QED) is 0.176. The third kappa shape index (κ3) is 7.44. The first-order chi connectivity index (χ1) is 17.0. The molecule has 1 saturated heterocycles. The highest BCUT2D eigenvalue weighted by Crippen LogP contribution is 2.17. The summed E-state index contributed by atoms with van der Waals surface area (Å²) >= 11 is 0. The number of nitrogens with zero attached hydrogens (tertiary/aromatic N) is 1. The Morgan fingerprint density at radius 3 is 2.57 bits per heavy atom. The largest absolute Gasteiger partial charge is 0.449 e. The fourth-order valence-electron chi connectivity index (χ4n) is 3.59. The topological polar surface area (TPSA) is 112 Å². The van der Waals surface area contributed by atoms with Crippen molar-refractivity contribution >= 4 is 29.8 Å². The smallest absolute Gasteiger partial charge is 0.412 e. The van der Waals surface area contributed by atoms with E-state index in [1.165, 1.54) is 0 Å². The summed E-state index contributed by atoms with van der Waals surface area (Å²) in [6.07, 6.45) is 3.77. The van der Waals surface area contributed by atoms with Gasteiger partial charge in [0.15, 0.2) is 6.29 Å². The van der Waals surface area contributed by atoms with Crippen molar-refractivity contribution in [3.05, 3.63) is 64.7 Å². The van der Waals surface area contributed by atoms with E-state index >= 15 is 0 Å². The van der Waals surface area contributed by atoms with Crippen LogP contribution >= 0.6 is 0 Å². The van der Waals surface area contributed by atoms with Crippen LogP contribution in [0, 0.1) is 17.3 Å². The molecule has 8 heteroatoms. The highest BCUT2D eigenvalue weighted by Gasteiger charge is 2.21. The number of amides is 2. The number of aldehydes is 1. The SMILES string of the molecule is CCCCOC(=O)NC(=N)c1ccc(NCC#Cc2ccc(C(=O)N3CCCC3)c(C=O)c2)cc1. The Bertz CT molecular complexity index is 1130. The summed E-state index contributed by atoms with van der Waals surface area (Å²) in [5, 5.41) is 13.6. The molecule has 0 atom stereocenters. The van der Waals surface area contributed by atoms with Crippen LogP contribution in [0.1, 0.15) is 64.4 Å². The summed E-state index contributed by atoms with van der Waals surface area (Å²) < 4.78 is 5.00. The van der Waals surface area contributed by atoms with Crippen molar-refractivity contribution in [2.75, 3.05) is 31.6 Å². The monoisotopic (exact) mass is 474 g/mol. The van der Waals surface area contributed by atoms with Crippen LogP contribution in [0.5, 0.6) is 0 Å². The molecular weight excluding hydrogens is 444 g/mol. The molecule has 8 nitrogen and oxygen atoms in total. The number of nitrogens with one attached hydrogen (secondary N) is 3. The van der Waals surface area contributed by atoms with Crippen molar-refractivity contribution < 1.29 is 19.1 Å². The molecule has 182 valence electrons. The summed E-state index contributed by atoms with van der Waals surface area (Å²) in [4.78, 5) is 37.6. The van der Waals surface area contributed by atoms with Crippen molar-refractivity contribution in [2.24, 2.45) is 0 Å². The van der Waals surface area contributed by atoms with Crippen LogP contribution in [0.25, 0.3) is 0 Å². The zero-order valence-corrected chi connectivity index (χ0v) is 19.9. The lowest BCUT2D eigenvalue weighted by Crippen LogP contribution is -2.31. The van der Waals surface area contributed by atoms with Crippen LogP contribution in [0.15, 0.2) is 42.5 Å². The molecule has 2 aromatic carbocycles. The van der Waals surface area contributed by atoms with Crippen LogP contribution < -0.4 is 10.6 Å². The van der Waals surface area contributed by atoms with Gasteiger partial charge in [-0.25, -0.2) is 4.79 Å². The van der Waals surface area contributed by atoms with Gasteiger partial charge in [-0.2, -0.15) is 0 Å². The number of anilines is 1. The number of amidine groups is 1. The van der Waals surface area contributed by atoms with E-state index in [9.17, 15) is 14.4 Å². The zero-order valence-electron chi connectivity index (χ0n) is 19.9. The molecule has 0 bridgehead atoms. The van der Waals surface area contributed by atoms with Gasteiger partial charge < -0.3 is 15.0 Å². The predicted molar refractivity (Wildman–Crippen MR) is 135 cm³/mol. The van der Waals surface area contributed by atoms with Crippen molar-refractivity contribution in [3.63, 3.8) is 0 Å². The van der Waals surface area contributed by atoms with Crippen LogP contribution in [-0.2, 0) is 4.74 Å². The van der Waals surface area contributed by atoms with Gasteiger partial charge in [-0.3, -0.25) is 20.3 Å². The van der Waals surface area contributed by atoms with Gasteiger partial charge in [0.2, 0.25) is 0 Å². The molecule has 0 aromatic heterocycles. The lowest BCUT2D eigenvalue weighted by atomic mass is 10.0. The predicted octanol–water partition coefficient (Wildman–Crippen LogP) is 4.05. The summed E-state index contributed by atoms with van der Waals surface area (Å²) in [7, 11) is 0. The van der Waals surface area contributed by atoms with Gasteiger partial charge in [0.05, 0.1) is 18.7 Å². The molecule has 0 saturated carbocycles. The van der Waals surface area contributed by atoms with Gasteiger partial charge in [-0.15, -0.1) is 0 Å². The molecule has 2 amide bonds. The minimum Gasteiger partial charge on any atom is -0.449 e. The highest BCUT2D eigenvalue weighted by atomic mass is 16.5. The second-order valence-electron chi connectivity index (χ2n) is 8.14. The first-order valence-corrected chi connectivity index (χ1v) is 11.8. The summed E-state index contributed by atoms with van der Waals surface area (Å²) in [5.41, 5.74) is 2.79. The maximum Gasteiger partial charge on any atom is 0.412 e. The maximum atomic E-state index is 12.6. The van der Waals surface area contributed by atoms with Gasteiger partial charge in [0.25, 0.3) is 5.91 Å². The Balaban J connectivity index is 1.51. The number of ether oxygens (including phenoxy) is 1. The molecule has 3 rings (SSSR count). The number of likely N-dealkylation sites (tertiary alicyclic amines) is 1. The second kappa shape index (κ2) is 12.9. The Morgan fingerprint density at radius 2 is 1.89 bits per heavy atom. The number of unbranched alkanes of at least 4 members (excludes halogenated alkanes) is 1. The van der Waals surface area contributed by atoms with E-state index < -0.39 is 6.09 Å². The summed E-state index contributed by atoms with van der Waals surface area (Å²) in [5.74, 6) is 5.87. The van der Waals surface area contributed by atoms with Gasteiger partial charge in [0.1, 0.15) is 5.84 Å². The number of alkyl carbamates (subject to hydrolysis) is 1. The number of rotatable bonds is 8. The molecule has 2 aromatic rings. The lowest BCUT2D eigenvalue weighted by Gasteiger charge is -2.16. The molecule has 1 aliphatic rings. The number of carbonyl (C=O) groups is 3. The van der Waals surface area contributed by atoms with E-state index in [2.05, 4.69) is 22.5 Å². The number of hydrogen-bond acceptors (Lipinski definition) is 6. The van der Waals surface area contributed by atoms with Gasteiger partial charge in [0, 0.05) is 35.5 Å². The number of hydrogen-bond donors (Lipinski definition) is 3. The molecule has 3 N–H and O–H groups in total.